The maximum Gasteiger partial charge on any atom is 0.178 e. The Kier molecular flexibility index (Phi) is 3.49. The lowest BCUT2D eigenvalue weighted by Gasteiger charge is -2.00. The van der Waals surface area contributed by atoms with E-state index in [0.717, 1.165) is 16.8 Å². The lowest BCUT2D eigenvalue weighted by Crippen LogP contribution is -1.95. The first-order valence-corrected chi connectivity index (χ1v) is 6.58. The van der Waals surface area contributed by atoms with Crippen molar-refractivity contribution in [1.29, 1.82) is 0 Å². The average molecular weight is 344 g/mol. The van der Waals surface area contributed by atoms with Crippen LogP contribution in [0.25, 0.3) is 11.0 Å². The SMILES string of the molecule is CC(C)=CCn1c(=S)[nH]c2cc(I)ccc21. The fraction of sp³-hybridized carbons (Fsp3) is 0.250. The summed E-state index contributed by atoms with van der Waals surface area (Å²) in [4.78, 5) is 3.24. The van der Waals surface area contributed by atoms with E-state index in [2.05, 4.69) is 70.3 Å². The van der Waals surface area contributed by atoms with Gasteiger partial charge in [0.15, 0.2) is 4.77 Å². The van der Waals surface area contributed by atoms with Crippen molar-refractivity contribution in [3.63, 3.8) is 0 Å². The summed E-state index contributed by atoms with van der Waals surface area (Å²) in [7, 11) is 0. The third-order valence-electron chi connectivity index (χ3n) is 2.42. The van der Waals surface area contributed by atoms with E-state index in [9.17, 15) is 0 Å². The van der Waals surface area contributed by atoms with Crippen molar-refractivity contribution in [2.24, 2.45) is 0 Å². The molecule has 0 aliphatic carbocycles. The number of imidazole rings is 1. The number of aromatic nitrogens is 2. The normalized spacial score (nSPS) is 10.7. The van der Waals surface area contributed by atoms with E-state index < -0.39 is 0 Å². The quantitative estimate of drug-likeness (QED) is 0.490. The first kappa shape index (κ1) is 11.9. The van der Waals surface area contributed by atoms with Crippen molar-refractivity contribution in [1.82, 2.24) is 9.55 Å². The molecule has 2 rings (SSSR count). The second-order valence-electron chi connectivity index (χ2n) is 3.98. The van der Waals surface area contributed by atoms with Crippen LogP contribution in [0, 0.1) is 8.34 Å². The topological polar surface area (TPSA) is 20.7 Å². The lowest BCUT2D eigenvalue weighted by atomic mass is 10.3. The van der Waals surface area contributed by atoms with Crippen molar-refractivity contribution in [3.8, 4) is 0 Å². The van der Waals surface area contributed by atoms with Crippen molar-refractivity contribution >= 4 is 45.8 Å². The monoisotopic (exact) mass is 344 g/mol. The first-order chi connectivity index (χ1) is 7.58. The van der Waals surface area contributed by atoms with Gasteiger partial charge in [-0.2, -0.15) is 0 Å². The van der Waals surface area contributed by atoms with Crippen molar-refractivity contribution in [2.45, 2.75) is 20.4 Å². The minimum atomic E-state index is 0.787. The highest BCUT2D eigenvalue weighted by Crippen LogP contribution is 2.17. The number of halogens is 1. The number of fused-ring (bicyclic) bond motifs is 1. The number of H-pyrrole nitrogens is 1. The highest BCUT2D eigenvalue weighted by molar-refractivity contribution is 14.1. The molecule has 0 aliphatic rings. The Morgan fingerprint density at radius 3 is 2.94 bits per heavy atom. The zero-order chi connectivity index (χ0) is 11.7. The zero-order valence-corrected chi connectivity index (χ0v) is 12.2. The Bertz CT molecular complexity index is 603. The molecule has 84 valence electrons. The molecular weight excluding hydrogens is 331 g/mol. The highest BCUT2D eigenvalue weighted by atomic mass is 127. The van der Waals surface area contributed by atoms with Gasteiger partial charge < -0.3 is 9.55 Å². The molecule has 0 unspecified atom stereocenters. The minimum absolute atomic E-state index is 0.787. The summed E-state index contributed by atoms with van der Waals surface area (Å²) in [6.45, 7) is 5.03. The van der Waals surface area contributed by atoms with Gasteiger partial charge in [0.05, 0.1) is 11.0 Å². The number of nitrogens with zero attached hydrogens (tertiary/aromatic N) is 1. The average Bonchev–Trinajstić information content (AvgIpc) is 2.50. The number of rotatable bonds is 2. The molecule has 1 aromatic heterocycles. The van der Waals surface area contributed by atoms with Crippen LogP contribution >= 0.6 is 34.8 Å². The zero-order valence-electron chi connectivity index (χ0n) is 9.25. The Hall–Kier alpha value is -0.620. The van der Waals surface area contributed by atoms with Crippen LogP contribution in [-0.2, 0) is 6.54 Å². The first-order valence-electron chi connectivity index (χ1n) is 5.09. The maximum atomic E-state index is 5.32. The summed E-state index contributed by atoms with van der Waals surface area (Å²) in [6.07, 6.45) is 2.18. The minimum Gasteiger partial charge on any atom is -0.331 e. The van der Waals surface area contributed by atoms with Gasteiger partial charge in [0.2, 0.25) is 0 Å². The molecule has 0 atom stereocenters. The van der Waals surface area contributed by atoms with Gasteiger partial charge in [-0.25, -0.2) is 0 Å². The van der Waals surface area contributed by atoms with E-state index in [-0.39, 0.29) is 0 Å². The standard InChI is InChI=1S/C12H13IN2S/c1-8(2)5-6-15-11-4-3-9(13)7-10(11)14-12(15)16/h3-5,7H,6H2,1-2H3,(H,14,16). The third-order valence-corrected chi connectivity index (χ3v) is 3.41. The number of hydrogen-bond donors (Lipinski definition) is 1. The van der Waals surface area contributed by atoms with Crippen molar-refractivity contribution < 1.29 is 0 Å². The molecule has 0 spiro atoms. The van der Waals surface area contributed by atoms with Crippen LogP contribution in [0.1, 0.15) is 13.8 Å². The fourth-order valence-corrected chi connectivity index (χ4v) is 2.36. The van der Waals surface area contributed by atoms with E-state index in [1.165, 1.54) is 14.7 Å². The molecule has 0 bridgehead atoms. The second-order valence-corrected chi connectivity index (χ2v) is 5.62. The van der Waals surface area contributed by atoms with E-state index >= 15 is 0 Å². The van der Waals surface area contributed by atoms with Crippen LogP contribution in [0.2, 0.25) is 0 Å². The summed E-state index contributed by atoms with van der Waals surface area (Å²) in [5, 5.41) is 0. The molecule has 0 fully saturated rings. The van der Waals surface area contributed by atoms with Crippen LogP contribution < -0.4 is 0 Å². The molecule has 0 amide bonds. The molecule has 0 saturated carbocycles. The number of hydrogen-bond acceptors (Lipinski definition) is 1. The molecule has 2 aromatic rings. The van der Waals surface area contributed by atoms with Gasteiger partial charge in [-0.3, -0.25) is 0 Å². The van der Waals surface area contributed by atoms with Crippen LogP contribution in [0.3, 0.4) is 0 Å². The number of benzene rings is 1. The molecular formula is C12H13IN2S. The summed E-state index contributed by atoms with van der Waals surface area (Å²) >= 11 is 7.63. The van der Waals surface area contributed by atoms with Gasteiger partial charge in [0.25, 0.3) is 0 Å². The fourth-order valence-electron chi connectivity index (χ4n) is 1.59. The second kappa shape index (κ2) is 4.71. The largest absolute Gasteiger partial charge is 0.331 e. The summed E-state index contributed by atoms with van der Waals surface area (Å²) in [5.41, 5.74) is 3.59. The van der Waals surface area contributed by atoms with Crippen molar-refractivity contribution in [2.75, 3.05) is 0 Å². The smallest absolute Gasteiger partial charge is 0.178 e. The number of aromatic amines is 1. The van der Waals surface area contributed by atoms with Gasteiger partial charge >= 0.3 is 0 Å². The predicted octanol–water partition coefficient (Wildman–Crippen LogP) is 4.27. The van der Waals surface area contributed by atoms with Gasteiger partial charge in [0, 0.05) is 10.1 Å². The van der Waals surface area contributed by atoms with Crippen LogP contribution in [0.4, 0.5) is 0 Å². The van der Waals surface area contributed by atoms with Crippen molar-refractivity contribution in [3.05, 3.63) is 38.2 Å². The Labute approximate surface area is 114 Å². The maximum absolute atomic E-state index is 5.32. The number of allylic oxidation sites excluding steroid dienone is 2. The van der Waals surface area contributed by atoms with Gasteiger partial charge in [-0.1, -0.05) is 11.6 Å². The number of nitrogens with one attached hydrogen (secondary N) is 1. The Balaban J connectivity index is 2.56. The summed E-state index contributed by atoms with van der Waals surface area (Å²) in [5.74, 6) is 0. The molecule has 0 aliphatic heterocycles. The molecule has 16 heavy (non-hydrogen) atoms. The molecule has 0 saturated heterocycles. The van der Waals surface area contributed by atoms with Gasteiger partial charge in [-0.15, -0.1) is 0 Å². The predicted molar refractivity (Wildman–Crippen MR) is 79.3 cm³/mol. The van der Waals surface area contributed by atoms with Crippen LogP contribution in [0.5, 0.6) is 0 Å². The van der Waals surface area contributed by atoms with E-state index in [1.54, 1.807) is 0 Å². The van der Waals surface area contributed by atoms with E-state index in [0.29, 0.717) is 0 Å². The molecule has 1 aromatic carbocycles. The lowest BCUT2D eigenvalue weighted by molar-refractivity contribution is 0.828. The molecule has 1 N–H and O–H groups in total. The third kappa shape index (κ3) is 2.38. The molecule has 4 heteroatoms. The molecule has 0 radical (unpaired) electrons. The molecule has 2 nitrogen and oxygen atoms in total. The van der Waals surface area contributed by atoms with E-state index in [4.69, 9.17) is 12.2 Å². The summed E-state index contributed by atoms with van der Waals surface area (Å²) < 4.78 is 4.12. The highest BCUT2D eigenvalue weighted by Gasteiger charge is 2.02. The van der Waals surface area contributed by atoms with Crippen LogP contribution in [-0.4, -0.2) is 9.55 Å². The van der Waals surface area contributed by atoms with E-state index in [1.807, 2.05) is 0 Å². The van der Waals surface area contributed by atoms with Gasteiger partial charge in [-0.05, 0) is 66.9 Å². The molecule has 1 heterocycles. The Morgan fingerprint density at radius 1 is 1.50 bits per heavy atom. The van der Waals surface area contributed by atoms with Crippen LogP contribution in [0.15, 0.2) is 29.8 Å². The Morgan fingerprint density at radius 2 is 2.25 bits per heavy atom. The summed E-state index contributed by atoms with van der Waals surface area (Å²) in [6, 6.07) is 6.33. The van der Waals surface area contributed by atoms with Gasteiger partial charge in [0.1, 0.15) is 0 Å².